The molecule has 0 fully saturated rings. The molecule has 0 unspecified atom stereocenters. The minimum absolute atomic E-state index is 0.112. The largest absolute Gasteiger partial charge is 0.493 e. The minimum Gasteiger partial charge on any atom is -0.493 e. The minimum atomic E-state index is -4.58. The van der Waals surface area contributed by atoms with Crippen molar-refractivity contribution in [2.45, 2.75) is 6.18 Å². The summed E-state index contributed by atoms with van der Waals surface area (Å²) in [5, 5.41) is 20.3. The van der Waals surface area contributed by atoms with E-state index in [-0.39, 0.29) is 22.8 Å². The number of ether oxygens (including phenoxy) is 2. The number of hydrogen-bond acceptors (Lipinski definition) is 5. The third-order valence-electron chi connectivity index (χ3n) is 3.75. The molecule has 0 heterocycles. The van der Waals surface area contributed by atoms with Gasteiger partial charge in [0.2, 0.25) is 0 Å². The fourth-order valence-corrected chi connectivity index (χ4v) is 2.79. The number of aliphatic carboxylic acids is 1. The Morgan fingerprint density at radius 2 is 1.97 bits per heavy atom. The molecule has 0 saturated heterocycles. The first-order valence-corrected chi connectivity index (χ1v) is 9.17. The summed E-state index contributed by atoms with van der Waals surface area (Å²) in [6, 6.07) is 8.48. The van der Waals surface area contributed by atoms with Crippen LogP contribution in [0.5, 0.6) is 11.5 Å². The van der Waals surface area contributed by atoms with Crippen LogP contribution in [-0.2, 0) is 15.8 Å². The maximum atomic E-state index is 12.8. The lowest BCUT2D eigenvalue weighted by Crippen LogP contribution is -2.14. The Morgan fingerprint density at radius 1 is 1.26 bits per heavy atom. The normalized spacial score (nSPS) is 11.4. The highest BCUT2D eigenvalue weighted by Crippen LogP contribution is 2.35. The zero-order valence-electron chi connectivity index (χ0n) is 15.8. The lowest BCUT2D eigenvalue weighted by Gasteiger charge is -2.12. The Hall–Kier alpha value is -3.52. The van der Waals surface area contributed by atoms with Crippen LogP contribution in [0.4, 0.5) is 18.9 Å². The number of nitrogens with one attached hydrogen (secondary N) is 1. The molecule has 0 saturated carbocycles. The molecule has 2 N–H and O–H groups in total. The third kappa shape index (κ3) is 6.48. The van der Waals surface area contributed by atoms with Crippen molar-refractivity contribution in [2.75, 3.05) is 19.0 Å². The van der Waals surface area contributed by atoms with Crippen molar-refractivity contribution in [1.29, 1.82) is 5.26 Å². The molecule has 2 aromatic carbocycles. The van der Waals surface area contributed by atoms with Crippen molar-refractivity contribution in [3.05, 3.63) is 57.6 Å². The summed E-state index contributed by atoms with van der Waals surface area (Å²) in [6.45, 7) is -0.610. The first kappa shape index (κ1) is 23.8. The van der Waals surface area contributed by atoms with Gasteiger partial charge in [-0.1, -0.05) is 22.0 Å². The predicted molar refractivity (Wildman–Crippen MR) is 107 cm³/mol. The summed E-state index contributed by atoms with van der Waals surface area (Å²) in [5.74, 6) is -1.86. The van der Waals surface area contributed by atoms with Gasteiger partial charge in [-0.15, -0.1) is 0 Å². The standard InChI is InChI=1S/C20H14BrF3N2O5/c1-30-16-6-11(15(21)8-17(16)31-10-18(27)28)5-12(9-25)19(29)26-14-4-2-3-13(7-14)20(22,23)24/h2-8H,10H2,1H3,(H,26,29)(H,27,28)/b12-5-. The topological polar surface area (TPSA) is 109 Å². The molecular weight excluding hydrogens is 485 g/mol. The molecule has 11 heteroatoms. The van der Waals surface area contributed by atoms with E-state index in [1.807, 2.05) is 0 Å². The number of carboxylic acid groups (broad SMARTS) is 1. The Balaban J connectivity index is 2.31. The summed E-state index contributed by atoms with van der Waals surface area (Å²) in [5.41, 5.74) is -1.15. The zero-order valence-corrected chi connectivity index (χ0v) is 17.4. The van der Waals surface area contributed by atoms with Crippen LogP contribution in [0.25, 0.3) is 6.08 Å². The average molecular weight is 499 g/mol. The zero-order chi connectivity index (χ0) is 23.2. The van der Waals surface area contributed by atoms with E-state index in [1.165, 1.54) is 31.4 Å². The van der Waals surface area contributed by atoms with E-state index < -0.39 is 30.2 Å². The number of alkyl halides is 3. The number of hydrogen-bond donors (Lipinski definition) is 2. The number of carbonyl (C=O) groups is 2. The highest BCUT2D eigenvalue weighted by Gasteiger charge is 2.30. The van der Waals surface area contributed by atoms with Crippen LogP contribution in [0.2, 0.25) is 0 Å². The summed E-state index contributed by atoms with van der Waals surface area (Å²) in [6.07, 6.45) is -3.39. The molecule has 0 aromatic heterocycles. The van der Waals surface area contributed by atoms with Gasteiger partial charge in [-0.05, 0) is 42.0 Å². The van der Waals surface area contributed by atoms with Crippen molar-refractivity contribution in [2.24, 2.45) is 0 Å². The molecule has 0 aliphatic carbocycles. The maximum Gasteiger partial charge on any atom is 0.416 e. The Labute approximate surface area is 182 Å². The summed E-state index contributed by atoms with van der Waals surface area (Å²) in [7, 11) is 1.32. The second kappa shape index (κ2) is 9.99. The molecule has 0 radical (unpaired) electrons. The number of carboxylic acids is 1. The van der Waals surface area contributed by atoms with E-state index in [0.717, 1.165) is 18.2 Å². The van der Waals surface area contributed by atoms with Gasteiger partial charge in [-0.3, -0.25) is 4.79 Å². The SMILES string of the molecule is COc1cc(/C=C(/C#N)C(=O)Nc2cccc(C(F)(F)F)c2)c(Br)cc1OCC(=O)O. The quantitative estimate of drug-likeness (QED) is 0.430. The summed E-state index contributed by atoms with van der Waals surface area (Å²) < 4.78 is 49.1. The molecule has 0 atom stereocenters. The van der Waals surface area contributed by atoms with E-state index in [9.17, 15) is 28.0 Å². The van der Waals surface area contributed by atoms with Crippen LogP contribution in [-0.4, -0.2) is 30.7 Å². The third-order valence-corrected chi connectivity index (χ3v) is 4.43. The van der Waals surface area contributed by atoms with E-state index in [1.54, 1.807) is 6.07 Å². The molecule has 0 spiro atoms. The maximum absolute atomic E-state index is 12.8. The van der Waals surface area contributed by atoms with Gasteiger partial charge in [0.15, 0.2) is 18.1 Å². The number of halogens is 4. The van der Waals surface area contributed by atoms with Crippen LogP contribution in [0.15, 0.2) is 46.4 Å². The van der Waals surface area contributed by atoms with Gasteiger partial charge in [-0.2, -0.15) is 18.4 Å². The van der Waals surface area contributed by atoms with Gasteiger partial charge in [0, 0.05) is 10.2 Å². The Bertz CT molecular complexity index is 1080. The molecule has 0 aliphatic heterocycles. The smallest absolute Gasteiger partial charge is 0.416 e. The fraction of sp³-hybridized carbons (Fsp3) is 0.150. The van der Waals surface area contributed by atoms with Crippen LogP contribution in [0.3, 0.4) is 0 Å². The number of anilines is 1. The van der Waals surface area contributed by atoms with Gasteiger partial charge >= 0.3 is 12.1 Å². The van der Waals surface area contributed by atoms with Crippen molar-refractivity contribution in [3.63, 3.8) is 0 Å². The molecule has 2 aromatic rings. The second-order valence-electron chi connectivity index (χ2n) is 5.91. The number of nitriles is 1. The predicted octanol–water partition coefficient (Wildman–Crippen LogP) is 4.49. The summed E-state index contributed by atoms with van der Waals surface area (Å²) >= 11 is 3.23. The molecule has 162 valence electrons. The average Bonchev–Trinajstić information content (AvgIpc) is 2.70. The fourth-order valence-electron chi connectivity index (χ4n) is 2.35. The number of nitrogens with zero attached hydrogens (tertiary/aromatic N) is 1. The Morgan fingerprint density at radius 3 is 2.55 bits per heavy atom. The van der Waals surface area contributed by atoms with Crippen LogP contribution < -0.4 is 14.8 Å². The van der Waals surface area contributed by atoms with Crippen LogP contribution >= 0.6 is 15.9 Å². The number of benzene rings is 2. The van der Waals surface area contributed by atoms with Gasteiger partial charge in [-0.25, -0.2) is 4.79 Å². The van der Waals surface area contributed by atoms with E-state index in [4.69, 9.17) is 14.6 Å². The lowest BCUT2D eigenvalue weighted by atomic mass is 10.1. The Kier molecular flexibility index (Phi) is 7.66. The first-order chi connectivity index (χ1) is 14.5. The highest BCUT2D eigenvalue weighted by molar-refractivity contribution is 9.10. The molecule has 31 heavy (non-hydrogen) atoms. The van der Waals surface area contributed by atoms with E-state index in [0.29, 0.717) is 10.0 Å². The van der Waals surface area contributed by atoms with Gasteiger partial charge < -0.3 is 19.9 Å². The van der Waals surface area contributed by atoms with E-state index in [2.05, 4.69) is 21.2 Å². The molecule has 7 nitrogen and oxygen atoms in total. The van der Waals surface area contributed by atoms with Gasteiger partial charge in [0.25, 0.3) is 5.91 Å². The number of amides is 1. The summed E-state index contributed by atoms with van der Waals surface area (Å²) in [4.78, 5) is 23.1. The highest BCUT2D eigenvalue weighted by atomic mass is 79.9. The van der Waals surface area contributed by atoms with Gasteiger partial charge in [0.1, 0.15) is 11.6 Å². The van der Waals surface area contributed by atoms with Crippen molar-refractivity contribution in [3.8, 4) is 17.6 Å². The van der Waals surface area contributed by atoms with Crippen molar-refractivity contribution in [1.82, 2.24) is 0 Å². The molecule has 0 bridgehead atoms. The lowest BCUT2D eigenvalue weighted by molar-refractivity contribution is -0.139. The number of carbonyl (C=O) groups excluding carboxylic acids is 1. The molecular formula is C20H14BrF3N2O5. The van der Waals surface area contributed by atoms with Crippen molar-refractivity contribution >= 4 is 39.6 Å². The molecule has 2 rings (SSSR count). The first-order valence-electron chi connectivity index (χ1n) is 8.37. The molecule has 1 amide bonds. The van der Waals surface area contributed by atoms with E-state index >= 15 is 0 Å². The second-order valence-corrected chi connectivity index (χ2v) is 6.76. The van der Waals surface area contributed by atoms with Crippen LogP contribution in [0.1, 0.15) is 11.1 Å². The monoisotopic (exact) mass is 498 g/mol. The van der Waals surface area contributed by atoms with Crippen molar-refractivity contribution < 1.29 is 37.3 Å². The van der Waals surface area contributed by atoms with Crippen LogP contribution in [0, 0.1) is 11.3 Å². The molecule has 0 aliphatic rings. The number of methoxy groups -OCH3 is 1. The van der Waals surface area contributed by atoms with Gasteiger partial charge in [0.05, 0.1) is 12.7 Å². The number of rotatable bonds is 7.